The molecule has 0 spiro atoms. The van der Waals surface area contributed by atoms with Crippen molar-refractivity contribution in [3.63, 3.8) is 0 Å². The zero-order chi connectivity index (χ0) is 14.9. The number of rotatable bonds is 5. The topological polar surface area (TPSA) is 55.1 Å². The summed E-state index contributed by atoms with van der Waals surface area (Å²) in [5.74, 6) is -0.789. The van der Waals surface area contributed by atoms with Crippen LogP contribution in [0.25, 0.3) is 0 Å². The molecule has 0 aromatic carbocycles. The Bertz CT molecular complexity index is 631. The van der Waals surface area contributed by atoms with Crippen LogP contribution in [0.15, 0.2) is 17.4 Å². The highest BCUT2D eigenvalue weighted by atomic mass is 32.2. The van der Waals surface area contributed by atoms with E-state index in [9.17, 15) is 4.79 Å². The van der Waals surface area contributed by atoms with Crippen molar-refractivity contribution in [3.05, 3.63) is 33.3 Å². The number of carbonyl (C=O) groups is 1. The van der Waals surface area contributed by atoms with Crippen LogP contribution in [0.5, 0.6) is 0 Å². The Kier molecular flexibility index (Phi) is 4.55. The average Bonchev–Trinajstić information content (AvgIpc) is 2.88. The molecule has 0 aliphatic heterocycles. The van der Waals surface area contributed by atoms with Gasteiger partial charge in [-0.3, -0.25) is 4.79 Å². The van der Waals surface area contributed by atoms with Gasteiger partial charge in [-0.2, -0.15) is 0 Å². The van der Waals surface area contributed by atoms with Crippen molar-refractivity contribution >= 4 is 29.1 Å². The summed E-state index contributed by atoms with van der Waals surface area (Å²) in [7, 11) is 0. The Morgan fingerprint density at radius 2 is 2.20 bits per heavy atom. The maximum atomic E-state index is 10.7. The Labute approximate surface area is 126 Å². The number of aryl methyl sites for hydroxylation is 3. The third kappa shape index (κ3) is 3.24. The molecular formula is C14H18N2O2S2. The van der Waals surface area contributed by atoms with Gasteiger partial charge in [0.2, 0.25) is 0 Å². The van der Waals surface area contributed by atoms with Crippen molar-refractivity contribution in [1.29, 1.82) is 0 Å². The molecule has 1 unspecified atom stereocenters. The van der Waals surface area contributed by atoms with E-state index in [1.165, 1.54) is 27.1 Å². The lowest BCUT2D eigenvalue weighted by molar-refractivity contribution is -0.133. The maximum absolute atomic E-state index is 10.7. The molecule has 1 N–H and O–H groups in total. The van der Waals surface area contributed by atoms with Crippen molar-refractivity contribution in [2.24, 2.45) is 0 Å². The minimum atomic E-state index is -0.822. The molecule has 20 heavy (non-hydrogen) atoms. The van der Waals surface area contributed by atoms with Crippen molar-refractivity contribution in [2.75, 3.05) is 5.75 Å². The van der Waals surface area contributed by atoms with Gasteiger partial charge in [0.05, 0.1) is 17.5 Å². The first-order valence-electron chi connectivity index (χ1n) is 6.35. The molecule has 6 heteroatoms. The standard InChI is InChI=1S/C14H18N2O2S2/c1-8-6-16(14(15-8)19-7-13(17)18)10(3)12-5-9(2)20-11(12)4/h5-6,10H,7H2,1-4H3,(H,17,18). The van der Waals surface area contributed by atoms with E-state index in [0.29, 0.717) is 0 Å². The molecule has 0 aliphatic carbocycles. The highest BCUT2D eigenvalue weighted by Gasteiger charge is 2.18. The van der Waals surface area contributed by atoms with E-state index in [1.54, 1.807) is 11.3 Å². The summed E-state index contributed by atoms with van der Waals surface area (Å²) in [6, 6.07) is 2.36. The summed E-state index contributed by atoms with van der Waals surface area (Å²) >= 11 is 3.06. The van der Waals surface area contributed by atoms with Gasteiger partial charge in [-0.25, -0.2) is 4.98 Å². The van der Waals surface area contributed by atoms with Crippen LogP contribution in [0.1, 0.15) is 34.0 Å². The van der Waals surface area contributed by atoms with Gasteiger partial charge in [0.25, 0.3) is 0 Å². The van der Waals surface area contributed by atoms with Crippen LogP contribution in [0.4, 0.5) is 0 Å². The van der Waals surface area contributed by atoms with E-state index < -0.39 is 5.97 Å². The molecule has 0 bridgehead atoms. The number of hydrogen-bond donors (Lipinski definition) is 1. The van der Waals surface area contributed by atoms with Crippen molar-refractivity contribution in [3.8, 4) is 0 Å². The second-order valence-electron chi connectivity index (χ2n) is 4.80. The lowest BCUT2D eigenvalue weighted by Crippen LogP contribution is -2.08. The smallest absolute Gasteiger partial charge is 0.313 e. The molecule has 0 saturated carbocycles. The van der Waals surface area contributed by atoms with Crippen molar-refractivity contribution in [2.45, 2.75) is 38.9 Å². The van der Waals surface area contributed by atoms with Crippen LogP contribution in [0.2, 0.25) is 0 Å². The van der Waals surface area contributed by atoms with Crippen LogP contribution < -0.4 is 0 Å². The first-order chi connectivity index (χ1) is 9.38. The highest BCUT2D eigenvalue weighted by Crippen LogP contribution is 2.31. The summed E-state index contributed by atoms with van der Waals surface area (Å²) < 4.78 is 2.07. The van der Waals surface area contributed by atoms with E-state index in [0.717, 1.165) is 10.9 Å². The number of thioether (sulfide) groups is 1. The van der Waals surface area contributed by atoms with Gasteiger partial charge in [0.15, 0.2) is 5.16 Å². The fraction of sp³-hybridized carbons (Fsp3) is 0.429. The molecule has 2 aromatic heterocycles. The number of hydrogen-bond acceptors (Lipinski definition) is 4. The fourth-order valence-corrected chi connectivity index (χ4v) is 4.06. The van der Waals surface area contributed by atoms with Crippen LogP contribution in [-0.4, -0.2) is 26.4 Å². The number of aromatic nitrogens is 2. The molecule has 4 nitrogen and oxygen atoms in total. The quantitative estimate of drug-likeness (QED) is 0.856. The molecular weight excluding hydrogens is 292 g/mol. The first kappa shape index (κ1) is 15.1. The molecule has 0 radical (unpaired) electrons. The second-order valence-corrected chi connectivity index (χ2v) is 7.20. The fourth-order valence-electron chi connectivity index (χ4n) is 2.22. The molecule has 0 amide bonds. The third-order valence-corrected chi connectivity index (χ3v) is 5.02. The van der Waals surface area contributed by atoms with Crippen molar-refractivity contribution in [1.82, 2.24) is 9.55 Å². The van der Waals surface area contributed by atoms with E-state index in [1.807, 2.05) is 13.1 Å². The SMILES string of the molecule is Cc1cn(C(C)c2cc(C)sc2C)c(SCC(=O)O)n1. The predicted octanol–water partition coefficient (Wildman–Crippen LogP) is 3.66. The molecule has 1 atom stereocenters. The molecule has 0 saturated heterocycles. The van der Waals surface area contributed by atoms with E-state index in [4.69, 9.17) is 5.11 Å². The molecule has 2 aromatic rings. The van der Waals surface area contributed by atoms with Gasteiger partial charge in [-0.1, -0.05) is 11.8 Å². The lowest BCUT2D eigenvalue weighted by atomic mass is 10.1. The zero-order valence-corrected chi connectivity index (χ0v) is 13.6. The normalized spacial score (nSPS) is 12.6. The lowest BCUT2D eigenvalue weighted by Gasteiger charge is -2.16. The van der Waals surface area contributed by atoms with Crippen molar-refractivity contribution < 1.29 is 9.90 Å². The minimum absolute atomic E-state index is 0.0326. The summed E-state index contributed by atoms with van der Waals surface area (Å²) in [5, 5.41) is 9.58. The zero-order valence-electron chi connectivity index (χ0n) is 12.0. The van der Waals surface area contributed by atoms with Gasteiger partial charge in [0.1, 0.15) is 0 Å². The molecule has 108 valence electrons. The minimum Gasteiger partial charge on any atom is -0.481 e. The van der Waals surface area contributed by atoms with Crippen LogP contribution in [-0.2, 0) is 4.79 Å². The van der Waals surface area contributed by atoms with Crippen LogP contribution in [0.3, 0.4) is 0 Å². The molecule has 2 heterocycles. The monoisotopic (exact) mass is 310 g/mol. The largest absolute Gasteiger partial charge is 0.481 e. The Morgan fingerprint density at radius 1 is 1.50 bits per heavy atom. The van der Waals surface area contributed by atoms with E-state index in [2.05, 4.69) is 36.4 Å². The number of nitrogens with zero attached hydrogens (tertiary/aromatic N) is 2. The Morgan fingerprint density at radius 3 is 2.75 bits per heavy atom. The maximum Gasteiger partial charge on any atom is 0.313 e. The van der Waals surface area contributed by atoms with Crippen LogP contribution in [0, 0.1) is 20.8 Å². The summed E-state index contributed by atoms with van der Waals surface area (Å²) in [6.07, 6.45) is 1.99. The second kappa shape index (κ2) is 6.01. The van der Waals surface area contributed by atoms with E-state index >= 15 is 0 Å². The number of carboxylic acid groups (broad SMARTS) is 1. The number of thiophene rings is 1. The van der Waals surface area contributed by atoms with E-state index in [-0.39, 0.29) is 11.8 Å². The number of imidazole rings is 1. The van der Waals surface area contributed by atoms with Gasteiger partial charge < -0.3 is 9.67 Å². The van der Waals surface area contributed by atoms with Crippen LogP contribution >= 0.6 is 23.1 Å². The highest BCUT2D eigenvalue weighted by molar-refractivity contribution is 7.99. The molecule has 2 rings (SSSR count). The summed E-state index contributed by atoms with van der Waals surface area (Å²) in [4.78, 5) is 17.8. The van der Waals surface area contributed by atoms with Gasteiger partial charge in [0, 0.05) is 16.0 Å². The molecule has 0 fully saturated rings. The van der Waals surface area contributed by atoms with Gasteiger partial charge in [-0.15, -0.1) is 11.3 Å². The summed E-state index contributed by atoms with van der Waals surface area (Å²) in [6.45, 7) is 8.28. The predicted molar refractivity (Wildman–Crippen MR) is 82.9 cm³/mol. The van der Waals surface area contributed by atoms with Gasteiger partial charge >= 0.3 is 5.97 Å². The summed E-state index contributed by atoms with van der Waals surface area (Å²) in [5.41, 5.74) is 2.19. The Hall–Kier alpha value is -1.27. The van der Waals surface area contributed by atoms with Gasteiger partial charge in [-0.05, 0) is 39.3 Å². The molecule has 0 aliphatic rings. The number of carboxylic acids is 1. The average molecular weight is 310 g/mol. The first-order valence-corrected chi connectivity index (χ1v) is 8.15. The Balaban J connectivity index is 2.31. The number of aliphatic carboxylic acids is 1. The third-order valence-electron chi connectivity index (χ3n) is 3.09.